The van der Waals surface area contributed by atoms with Gasteiger partial charge in [-0.2, -0.15) is 0 Å². The first kappa shape index (κ1) is 5.94. The molecule has 0 unspecified atom stereocenters. The zero-order valence-electron chi connectivity index (χ0n) is 2.47. The molecule has 0 aliphatic carbocycles. The van der Waals surface area contributed by atoms with Gasteiger partial charge in [0.05, 0.1) is 0 Å². The average molecular weight is 183 g/mol. The van der Waals surface area contributed by atoms with Crippen molar-refractivity contribution < 1.29 is 32.8 Å². The van der Waals surface area contributed by atoms with Crippen LogP contribution < -0.4 is 0 Å². The van der Waals surface area contributed by atoms with E-state index in [2.05, 4.69) is 0 Å². The Morgan fingerprint density at radius 2 is 1.00 bits per heavy atom. The van der Waals surface area contributed by atoms with E-state index in [4.69, 9.17) is 18.6 Å². The molecule has 0 saturated heterocycles. The van der Waals surface area contributed by atoms with Crippen molar-refractivity contribution in [1.82, 2.24) is 0 Å². The van der Waals surface area contributed by atoms with Gasteiger partial charge in [0.2, 0.25) is 0 Å². The summed E-state index contributed by atoms with van der Waals surface area (Å²) in [5, 5.41) is 0. The molecular weight excluding hydrogens is 181 g/mol. The van der Waals surface area contributed by atoms with Gasteiger partial charge < -0.3 is 0 Å². The first-order chi connectivity index (χ1) is 2.24. The number of hydrogen-bond acceptors (Lipinski definition) is 3. The molecule has 6 heavy (non-hydrogen) atoms. The second-order valence-corrected chi connectivity index (χ2v) is 3.76. The van der Waals surface area contributed by atoms with E-state index < -0.39 is 14.2 Å². The van der Waals surface area contributed by atoms with Crippen molar-refractivity contribution in [3.63, 3.8) is 0 Å². The summed E-state index contributed by atoms with van der Waals surface area (Å²) in [5.41, 5.74) is 0. The van der Waals surface area contributed by atoms with Crippen LogP contribution >= 0.6 is 0 Å². The second-order valence-electron chi connectivity index (χ2n) is 0.635. The van der Waals surface area contributed by atoms with E-state index in [1.165, 1.54) is 0 Å². The van der Waals surface area contributed by atoms with Gasteiger partial charge in [0.15, 0.2) is 0 Å². The van der Waals surface area contributed by atoms with Crippen LogP contribution in [0.1, 0.15) is 0 Å². The standard InChI is InChI=1S/2H2O.3O.Ru/h2*1H2;;;;/q;;;;;+2/p-2. The molecule has 0 atom stereocenters. The first-order valence-corrected chi connectivity index (χ1v) is 4.43. The van der Waals surface area contributed by atoms with Crippen molar-refractivity contribution in [2.24, 2.45) is 0 Å². The van der Waals surface area contributed by atoms with Crippen LogP contribution in [0.4, 0.5) is 0 Å². The molecule has 0 bridgehead atoms. The van der Waals surface area contributed by atoms with Crippen molar-refractivity contribution in [3.05, 3.63) is 0 Å². The maximum atomic E-state index is 8.86. The molecule has 0 rings (SSSR count). The molecule has 0 aliphatic rings. The third-order valence-electron chi connectivity index (χ3n) is 0. The molecule has 0 amide bonds. The van der Waals surface area contributed by atoms with Crippen molar-refractivity contribution in [2.75, 3.05) is 0 Å². The summed E-state index contributed by atoms with van der Waals surface area (Å²) >= 11 is -7.22. The second kappa shape index (κ2) is 0.777. The SMILES string of the molecule is [O]=[Ru](=[O])(=[O])([OH])[OH]. The zero-order valence-corrected chi connectivity index (χ0v) is 4.21. The van der Waals surface area contributed by atoms with Crippen LogP contribution in [-0.2, 0) is 24.9 Å². The molecule has 0 aliphatic heterocycles. The Morgan fingerprint density at radius 1 is 1.00 bits per heavy atom. The van der Waals surface area contributed by atoms with E-state index >= 15 is 0 Å². The van der Waals surface area contributed by atoms with Crippen LogP contribution in [0.5, 0.6) is 0 Å². The molecule has 0 fully saturated rings. The van der Waals surface area contributed by atoms with E-state index in [-0.39, 0.29) is 0 Å². The molecule has 40 valence electrons. The molecule has 0 aromatic heterocycles. The Kier molecular flexibility index (Phi) is 0.770. The third-order valence-corrected chi connectivity index (χ3v) is 0. The molecule has 0 aromatic carbocycles. The van der Waals surface area contributed by atoms with Gasteiger partial charge in [0.25, 0.3) is 0 Å². The van der Waals surface area contributed by atoms with E-state index in [1.54, 1.807) is 0 Å². The molecule has 0 spiro atoms. The summed E-state index contributed by atoms with van der Waals surface area (Å²) < 4.78 is 40.7. The Hall–Kier alpha value is -0.0566. The van der Waals surface area contributed by atoms with Crippen molar-refractivity contribution in [3.8, 4) is 0 Å². The summed E-state index contributed by atoms with van der Waals surface area (Å²) in [6, 6.07) is 0. The predicted molar refractivity (Wildman–Crippen MR) is 6.50 cm³/mol. The van der Waals surface area contributed by atoms with Gasteiger partial charge in [-0.3, -0.25) is 0 Å². The van der Waals surface area contributed by atoms with Crippen LogP contribution in [0.3, 0.4) is 0 Å². The summed E-state index contributed by atoms with van der Waals surface area (Å²) in [7, 11) is 0. The Bertz CT molecular complexity index is 182. The minimum absolute atomic E-state index is 7.05. The fourth-order valence-electron chi connectivity index (χ4n) is 0. The molecule has 0 saturated carbocycles. The van der Waals surface area contributed by atoms with Crippen LogP contribution in [0.25, 0.3) is 0 Å². The fraction of sp³-hybridized carbons (Fsp3) is 0. The van der Waals surface area contributed by atoms with Gasteiger partial charge in [0.1, 0.15) is 0 Å². The van der Waals surface area contributed by atoms with Crippen LogP contribution in [-0.4, -0.2) is 7.87 Å². The fourth-order valence-corrected chi connectivity index (χ4v) is 0. The van der Waals surface area contributed by atoms with Gasteiger partial charge in [-0.25, -0.2) is 0 Å². The molecule has 6 heteroatoms. The van der Waals surface area contributed by atoms with E-state index in [1.807, 2.05) is 0 Å². The topological polar surface area (TPSA) is 91.7 Å². The van der Waals surface area contributed by atoms with E-state index in [0.717, 1.165) is 0 Å². The van der Waals surface area contributed by atoms with Crippen LogP contribution in [0.2, 0.25) is 0 Å². The van der Waals surface area contributed by atoms with E-state index in [0.29, 0.717) is 0 Å². The first-order valence-electron chi connectivity index (χ1n) is 0.749. The average Bonchev–Trinajstić information content (AvgIpc) is 0.650. The van der Waals surface area contributed by atoms with Crippen LogP contribution in [0.15, 0.2) is 0 Å². The summed E-state index contributed by atoms with van der Waals surface area (Å²) in [6.45, 7) is 0. The van der Waals surface area contributed by atoms with Crippen LogP contribution in [0, 0.1) is 0 Å². The molecule has 2 N–H and O–H groups in total. The van der Waals surface area contributed by atoms with E-state index in [9.17, 15) is 0 Å². The number of rotatable bonds is 0. The monoisotopic (exact) mass is 184 g/mol. The van der Waals surface area contributed by atoms with Crippen molar-refractivity contribution in [1.29, 1.82) is 0 Å². The Balaban J connectivity index is 5.37. The van der Waals surface area contributed by atoms with Gasteiger partial charge >= 0.3 is 32.8 Å². The van der Waals surface area contributed by atoms with Crippen molar-refractivity contribution in [2.45, 2.75) is 0 Å². The van der Waals surface area contributed by atoms with Gasteiger partial charge in [0, 0.05) is 0 Å². The summed E-state index contributed by atoms with van der Waals surface area (Å²) in [5.74, 6) is 0. The van der Waals surface area contributed by atoms with Gasteiger partial charge in [-0.15, -0.1) is 0 Å². The summed E-state index contributed by atoms with van der Waals surface area (Å²) in [6.07, 6.45) is 0. The molecule has 0 radical (unpaired) electrons. The summed E-state index contributed by atoms with van der Waals surface area (Å²) in [4.78, 5) is 0. The maximum absolute atomic E-state index is 8.86. The molecule has 5 nitrogen and oxygen atoms in total. The normalized spacial score (nSPS) is 18.7. The van der Waals surface area contributed by atoms with Gasteiger partial charge in [-0.1, -0.05) is 0 Å². The Morgan fingerprint density at radius 3 is 1.00 bits per heavy atom. The number of hydrogen-bond donors (Lipinski definition) is 2. The van der Waals surface area contributed by atoms with Crippen molar-refractivity contribution >= 4 is 0 Å². The minimum atomic E-state index is -7.22. The molecular formula is H2O5Ru. The molecule has 0 aromatic rings. The predicted octanol–water partition coefficient (Wildman–Crippen LogP) is -1.47. The third kappa shape index (κ3) is 10700. The molecule has 0 heterocycles. The Labute approximate surface area is 33.6 Å². The van der Waals surface area contributed by atoms with Gasteiger partial charge in [-0.05, 0) is 0 Å². The quantitative estimate of drug-likeness (QED) is 0.447. The zero-order chi connectivity index (χ0) is 5.45.